The van der Waals surface area contributed by atoms with Crippen molar-refractivity contribution >= 4 is 11.3 Å². The Kier molecular flexibility index (Phi) is 4.23. The molecule has 0 fully saturated rings. The maximum Gasteiger partial charge on any atom is 0.416 e. The first-order valence-corrected chi connectivity index (χ1v) is 7.58. The van der Waals surface area contributed by atoms with E-state index in [1.54, 1.807) is 18.4 Å². The van der Waals surface area contributed by atoms with Crippen LogP contribution >= 0.6 is 11.3 Å². The topological polar surface area (TPSA) is 46.3 Å². The number of nitrogens with zero attached hydrogens (tertiary/aromatic N) is 1. The van der Waals surface area contributed by atoms with Crippen LogP contribution in [0.25, 0.3) is 10.6 Å². The SMILES string of the molecule is OCc1sc(-c2ccc(C(F)(F)F)cc2)nc1Cc1ccco1. The lowest BCUT2D eigenvalue weighted by Crippen LogP contribution is -2.03. The highest BCUT2D eigenvalue weighted by Crippen LogP contribution is 2.33. The zero-order chi connectivity index (χ0) is 16.4. The van der Waals surface area contributed by atoms with Gasteiger partial charge < -0.3 is 9.52 Å². The number of hydrogen-bond acceptors (Lipinski definition) is 4. The number of benzene rings is 1. The summed E-state index contributed by atoms with van der Waals surface area (Å²) in [4.78, 5) is 5.11. The van der Waals surface area contributed by atoms with Gasteiger partial charge >= 0.3 is 6.18 Å². The van der Waals surface area contributed by atoms with Crippen LogP contribution < -0.4 is 0 Å². The van der Waals surface area contributed by atoms with Gasteiger partial charge in [0.15, 0.2) is 0 Å². The molecule has 0 atom stereocenters. The van der Waals surface area contributed by atoms with Crippen molar-refractivity contribution in [2.45, 2.75) is 19.2 Å². The molecular weight excluding hydrogens is 327 g/mol. The average molecular weight is 339 g/mol. The van der Waals surface area contributed by atoms with Crippen LogP contribution in [0.1, 0.15) is 21.9 Å². The van der Waals surface area contributed by atoms with E-state index in [-0.39, 0.29) is 6.61 Å². The fourth-order valence-electron chi connectivity index (χ4n) is 2.15. The van der Waals surface area contributed by atoms with Crippen LogP contribution in [0, 0.1) is 0 Å². The maximum absolute atomic E-state index is 12.6. The molecule has 0 amide bonds. The molecule has 0 saturated carbocycles. The summed E-state index contributed by atoms with van der Waals surface area (Å²) in [6.45, 7) is -0.172. The van der Waals surface area contributed by atoms with Crippen LogP contribution in [0.2, 0.25) is 0 Å². The number of aromatic nitrogens is 1. The molecule has 23 heavy (non-hydrogen) atoms. The molecule has 3 rings (SSSR count). The summed E-state index contributed by atoms with van der Waals surface area (Å²) in [6.07, 6.45) is -2.38. The first-order valence-electron chi connectivity index (χ1n) is 6.77. The molecule has 3 nitrogen and oxygen atoms in total. The standard InChI is InChI=1S/C16H12F3NO2S/c17-16(18,19)11-5-3-10(4-6-11)15-20-13(14(9-21)23-15)8-12-2-1-7-22-12/h1-7,21H,8-9H2. The zero-order valence-corrected chi connectivity index (χ0v) is 12.6. The highest BCUT2D eigenvalue weighted by molar-refractivity contribution is 7.15. The first-order chi connectivity index (χ1) is 11.0. The number of alkyl halides is 3. The smallest absolute Gasteiger partial charge is 0.416 e. The minimum Gasteiger partial charge on any atom is -0.469 e. The predicted octanol–water partition coefficient (Wildman–Crippen LogP) is 4.51. The zero-order valence-electron chi connectivity index (χ0n) is 11.8. The van der Waals surface area contributed by atoms with Crippen molar-refractivity contribution in [1.29, 1.82) is 0 Å². The third-order valence-corrected chi connectivity index (χ3v) is 4.43. The molecule has 0 bridgehead atoms. The second kappa shape index (κ2) is 6.17. The Hall–Kier alpha value is -2.12. The van der Waals surface area contributed by atoms with Crippen molar-refractivity contribution in [3.63, 3.8) is 0 Å². The van der Waals surface area contributed by atoms with Crippen molar-refractivity contribution in [2.75, 3.05) is 0 Å². The van der Waals surface area contributed by atoms with Crippen molar-refractivity contribution in [3.8, 4) is 10.6 Å². The Labute approximate surface area is 134 Å². The van der Waals surface area contributed by atoms with E-state index >= 15 is 0 Å². The fraction of sp³-hybridized carbons (Fsp3) is 0.188. The third kappa shape index (κ3) is 3.46. The second-order valence-corrected chi connectivity index (χ2v) is 5.96. The summed E-state index contributed by atoms with van der Waals surface area (Å²) < 4.78 is 43.1. The van der Waals surface area contributed by atoms with Gasteiger partial charge in [0.2, 0.25) is 0 Å². The average Bonchev–Trinajstić information content (AvgIpc) is 3.16. The largest absolute Gasteiger partial charge is 0.469 e. The number of thiazole rings is 1. The van der Waals surface area contributed by atoms with Crippen molar-refractivity contribution < 1.29 is 22.7 Å². The Morgan fingerprint density at radius 3 is 2.43 bits per heavy atom. The van der Waals surface area contributed by atoms with Gasteiger partial charge in [0.25, 0.3) is 0 Å². The summed E-state index contributed by atoms with van der Waals surface area (Å²) in [5.41, 5.74) is 0.557. The molecule has 7 heteroatoms. The van der Waals surface area contributed by atoms with Crippen LogP contribution in [0.5, 0.6) is 0 Å². The van der Waals surface area contributed by atoms with E-state index < -0.39 is 11.7 Å². The quantitative estimate of drug-likeness (QED) is 0.761. The van der Waals surface area contributed by atoms with E-state index in [1.165, 1.54) is 23.5 Å². The molecule has 0 radical (unpaired) electrons. The molecule has 0 aliphatic rings. The van der Waals surface area contributed by atoms with Gasteiger partial charge in [0.1, 0.15) is 10.8 Å². The van der Waals surface area contributed by atoms with Crippen molar-refractivity contribution in [3.05, 3.63) is 64.6 Å². The maximum atomic E-state index is 12.6. The highest BCUT2D eigenvalue weighted by Gasteiger charge is 2.30. The molecule has 0 aliphatic carbocycles. The van der Waals surface area contributed by atoms with Crippen LogP contribution in [-0.2, 0) is 19.2 Å². The number of furan rings is 1. The summed E-state index contributed by atoms with van der Waals surface area (Å²) >= 11 is 1.26. The third-order valence-electron chi connectivity index (χ3n) is 3.30. The fourth-order valence-corrected chi connectivity index (χ4v) is 3.09. The number of aliphatic hydroxyl groups excluding tert-OH is 1. The van der Waals surface area contributed by atoms with Gasteiger partial charge in [0, 0.05) is 12.0 Å². The van der Waals surface area contributed by atoms with Crippen molar-refractivity contribution in [1.82, 2.24) is 4.98 Å². The Morgan fingerprint density at radius 2 is 1.87 bits per heavy atom. The molecule has 1 N–H and O–H groups in total. The molecule has 0 saturated heterocycles. The van der Waals surface area contributed by atoms with Crippen LogP contribution in [0.3, 0.4) is 0 Å². The monoisotopic (exact) mass is 339 g/mol. The second-order valence-electron chi connectivity index (χ2n) is 4.88. The molecule has 120 valence electrons. The van der Waals surface area contributed by atoms with Crippen LogP contribution in [0.4, 0.5) is 13.2 Å². The van der Waals surface area contributed by atoms with Crippen LogP contribution in [-0.4, -0.2) is 10.1 Å². The molecule has 1 aromatic carbocycles. The minimum absolute atomic E-state index is 0.172. The van der Waals surface area contributed by atoms with E-state index in [2.05, 4.69) is 4.98 Å². The normalized spacial score (nSPS) is 11.8. The highest BCUT2D eigenvalue weighted by atomic mass is 32.1. The van der Waals surface area contributed by atoms with Crippen molar-refractivity contribution in [2.24, 2.45) is 0 Å². The minimum atomic E-state index is -4.36. The van der Waals surface area contributed by atoms with Gasteiger partial charge in [-0.2, -0.15) is 13.2 Å². The van der Waals surface area contributed by atoms with E-state index in [0.29, 0.717) is 33.3 Å². The molecule has 2 heterocycles. The van der Waals surface area contributed by atoms with Gasteiger partial charge in [-0.1, -0.05) is 12.1 Å². The van der Waals surface area contributed by atoms with E-state index in [1.807, 2.05) is 0 Å². The summed E-state index contributed by atoms with van der Waals surface area (Å²) in [5, 5.41) is 10.0. The Balaban J connectivity index is 1.89. The van der Waals surface area contributed by atoms with Crippen LogP contribution in [0.15, 0.2) is 47.1 Å². The number of aliphatic hydroxyl groups is 1. The van der Waals surface area contributed by atoms with Gasteiger partial charge in [-0.25, -0.2) is 4.98 Å². The lowest BCUT2D eigenvalue weighted by atomic mass is 10.1. The van der Waals surface area contributed by atoms with E-state index in [0.717, 1.165) is 12.1 Å². The summed E-state index contributed by atoms with van der Waals surface area (Å²) in [5.74, 6) is 0.712. The number of hydrogen-bond donors (Lipinski definition) is 1. The summed E-state index contributed by atoms with van der Waals surface area (Å²) in [7, 11) is 0. The molecule has 2 aromatic heterocycles. The lowest BCUT2D eigenvalue weighted by Gasteiger charge is -2.06. The lowest BCUT2D eigenvalue weighted by molar-refractivity contribution is -0.137. The van der Waals surface area contributed by atoms with Gasteiger partial charge in [-0.3, -0.25) is 0 Å². The Bertz CT molecular complexity index is 777. The molecule has 0 unspecified atom stereocenters. The molecule has 0 spiro atoms. The predicted molar refractivity (Wildman–Crippen MR) is 80.0 cm³/mol. The Morgan fingerprint density at radius 1 is 1.13 bits per heavy atom. The van der Waals surface area contributed by atoms with E-state index in [9.17, 15) is 18.3 Å². The number of halogens is 3. The molecule has 0 aliphatic heterocycles. The first kappa shape index (κ1) is 15.8. The van der Waals surface area contributed by atoms with Gasteiger partial charge in [-0.15, -0.1) is 11.3 Å². The molecular formula is C16H12F3NO2S. The van der Waals surface area contributed by atoms with Gasteiger partial charge in [0.05, 0.1) is 29.0 Å². The summed E-state index contributed by atoms with van der Waals surface area (Å²) in [6, 6.07) is 8.40. The molecule has 3 aromatic rings. The number of rotatable bonds is 4. The van der Waals surface area contributed by atoms with Gasteiger partial charge in [-0.05, 0) is 24.3 Å². The van der Waals surface area contributed by atoms with E-state index in [4.69, 9.17) is 4.42 Å².